The van der Waals surface area contributed by atoms with Crippen LogP contribution < -0.4 is 5.32 Å². The summed E-state index contributed by atoms with van der Waals surface area (Å²) in [5.74, 6) is -1.50. The molecule has 30 heavy (non-hydrogen) atoms. The summed E-state index contributed by atoms with van der Waals surface area (Å²) in [6, 6.07) is 19.8. The van der Waals surface area contributed by atoms with Gasteiger partial charge in [0.05, 0.1) is 12.7 Å². The van der Waals surface area contributed by atoms with Gasteiger partial charge in [-0.1, -0.05) is 48.5 Å². The van der Waals surface area contributed by atoms with Crippen LogP contribution in [0.5, 0.6) is 0 Å². The molecule has 0 bridgehead atoms. The second-order valence-corrected chi connectivity index (χ2v) is 6.54. The maximum atomic E-state index is 12.4. The third-order valence-electron chi connectivity index (χ3n) is 4.45. The van der Waals surface area contributed by atoms with Crippen molar-refractivity contribution in [2.45, 2.75) is 13.0 Å². The van der Waals surface area contributed by atoms with Crippen LogP contribution in [0.2, 0.25) is 0 Å². The van der Waals surface area contributed by atoms with E-state index < -0.39 is 23.9 Å². The standard InChI is InChI=1S/C24H21NO5/c1-16(23(27)25-21-9-5-7-18-6-3-4-8-20(18)21)30-22(26)15-12-17-10-13-19(14-11-17)24(28)29-2/h3-16H,1-2H3,(H,25,27)/b15-12+/t16-/m0/s1. The van der Waals surface area contributed by atoms with Gasteiger partial charge in [-0.05, 0) is 42.1 Å². The van der Waals surface area contributed by atoms with E-state index in [4.69, 9.17) is 4.74 Å². The fourth-order valence-electron chi connectivity index (χ4n) is 2.85. The van der Waals surface area contributed by atoms with E-state index in [2.05, 4.69) is 10.1 Å². The first kappa shape index (κ1) is 20.8. The Morgan fingerprint density at radius 3 is 2.37 bits per heavy atom. The highest BCUT2D eigenvalue weighted by atomic mass is 16.5. The first-order valence-corrected chi connectivity index (χ1v) is 9.33. The lowest BCUT2D eigenvalue weighted by atomic mass is 10.1. The number of hydrogen-bond donors (Lipinski definition) is 1. The van der Waals surface area contributed by atoms with Crippen LogP contribution in [-0.2, 0) is 19.1 Å². The van der Waals surface area contributed by atoms with Crippen molar-refractivity contribution in [3.63, 3.8) is 0 Å². The van der Waals surface area contributed by atoms with E-state index in [9.17, 15) is 14.4 Å². The number of amides is 1. The maximum Gasteiger partial charge on any atom is 0.337 e. The van der Waals surface area contributed by atoms with Gasteiger partial charge in [0.1, 0.15) is 0 Å². The molecule has 1 amide bonds. The van der Waals surface area contributed by atoms with Crippen molar-refractivity contribution in [2.75, 3.05) is 12.4 Å². The van der Waals surface area contributed by atoms with Crippen molar-refractivity contribution in [3.8, 4) is 0 Å². The smallest absolute Gasteiger partial charge is 0.337 e. The zero-order valence-electron chi connectivity index (χ0n) is 16.6. The Morgan fingerprint density at radius 1 is 0.933 bits per heavy atom. The second-order valence-electron chi connectivity index (χ2n) is 6.54. The molecule has 0 unspecified atom stereocenters. The largest absolute Gasteiger partial charge is 0.465 e. The minimum atomic E-state index is -0.970. The molecule has 152 valence electrons. The van der Waals surface area contributed by atoms with Gasteiger partial charge in [0, 0.05) is 17.1 Å². The molecule has 0 aliphatic heterocycles. The summed E-state index contributed by atoms with van der Waals surface area (Å²) in [6.45, 7) is 1.51. The number of ether oxygens (including phenoxy) is 2. The Morgan fingerprint density at radius 2 is 1.63 bits per heavy atom. The number of fused-ring (bicyclic) bond motifs is 1. The topological polar surface area (TPSA) is 81.7 Å². The van der Waals surface area contributed by atoms with Crippen LogP contribution in [0.3, 0.4) is 0 Å². The number of carbonyl (C=O) groups is 3. The van der Waals surface area contributed by atoms with Crippen molar-refractivity contribution >= 4 is 40.4 Å². The molecule has 0 saturated carbocycles. The molecule has 3 aromatic carbocycles. The molecule has 0 saturated heterocycles. The molecular weight excluding hydrogens is 382 g/mol. The van der Waals surface area contributed by atoms with E-state index in [1.54, 1.807) is 36.4 Å². The van der Waals surface area contributed by atoms with Gasteiger partial charge >= 0.3 is 11.9 Å². The summed E-state index contributed by atoms with van der Waals surface area (Å²) in [5.41, 5.74) is 1.77. The molecule has 6 heteroatoms. The Bertz CT molecular complexity index is 1100. The number of carbonyl (C=O) groups excluding carboxylic acids is 3. The van der Waals surface area contributed by atoms with E-state index in [1.807, 2.05) is 36.4 Å². The van der Waals surface area contributed by atoms with Gasteiger partial charge < -0.3 is 14.8 Å². The van der Waals surface area contributed by atoms with Crippen molar-refractivity contribution in [2.24, 2.45) is 0 Å². The number of esters is 2. The van der Waals surface area contributed by atoms with Crippen molar-refractivity contribution < 1.29 is 23.9 Å². The van der Waals surface area contributed by atoms with Gasteiger partial charge in [-0.15, -0.1) is 0 Å². The summed E-state index contributed by atoms with van der Waals surface area (Å²) >= 11 is 0. The number of benzene rings is 3. The van der Waals surface area contributed by atoms with Gasteiger partial charge in [-0.3, -0.25) is 4.79 Å². The third kappa shape index (κ3) is 5.11. The van der Waals surface area contributed by atoms with Crippen LogP contribution in [0.1, 0.15) is 22.8 Å². The van der Waals surface area contributed by atoms with E-state index in [0.29, 0.717) is 16.8 Å². The molecule has 0 radical (unpaired) electrons. The fourth-order valence-corrected chi connectivity index (χ4v) is 2.85. The first-order valence-electron chi connectivity index (χ1n) is 9.33. The number of hydrogen-bond acceptors (Lipinski definition) is 5. The summed E-state index contributed by atoms with van der Waals surface area (Å²) in [6.07, 6.45) is 1.80. The first-order chi connectivity index (χ1) is 14.5. The predicted molar refractivity (Wildman–Crippen MR) is 115 cm³/mol. The molecule has 0 spiro atoms. The zero-order chi connectivity index (χ0) is 21.5. The summed E-state index contributed by atoms with van der Waals surface area (Å²) in [7, 11) is 1.31. The second kappa shape index (κ2) is 9.52. The Labute approximate surface area is 174 Å². The van der Waals surface area contributed by atoms with E-state index in [0.717, 1.165) is 10.8 Å². The summed E-state index contributed by atoms with van der Waals surface area (Å²) < 4.78 is 9.82. The number of anilines is 1. The molecule has 0 aromatic heterocycles. The molecule has 3 rings (SSSR count). The van der Waals surface area contributed by atoms with Crippen LogP contribution in [0.25, 0.3) is 16.8 Å². The summed E-state index contributed by atoms with van der Waals surface area (Å²) in [4.78, 5) is 35.9. The highest BCUT2D eigenvalue weighted by Crippen LogP contribution is 2.23. The predicted octanol–water partition coefficient (Wildman–Crippen LogP) is 4.21. The minimum absolute atomic E-state index is 0.413. The highest BCUT2D eigenvalue weighted by Gasteiger charge is 2.17. The molecule has 1 N–H and O–H groups in total. The molecule has 0 aliphatic rings. The SMILES string of the molecule is COC(=O)c1ccc(/C=C/C(=O)O[C@@H](C)C(=O)Nc2cccc3ccccc23)cc1. The van der Waals surface area contributed by atoms with Crippen LogP contribution in [0, 0.1) is 0 Å². The molecular formula is C24H21NO5. The average molecular weight is 403 g/mol. The monoisotopic (exact) mass is 403 g/mol. The lowest BCUT2D eigenvalue weighted by molar-refractivity contribution is -0.148. The van der Waals surface area contributed by atoms with Crippen molar-refractivity contribution in [1.29, 1.82) is 0 Å². The van der Waals surface area contributed by atoms with Gasteiger partial charge in [0.2, 0.25) is 0 Å². The Hall–Kier alpha value is -3.93. The Balaban J connectivity index is 1.58. The number of rotatable bonds is 6. The van der Waals surface area contributed by atoms with Crippen LogP contribution in [-0.4, -0.2) is 31.1 Å². The minimum Gasteiger partial charge on any atom is -0.465 e. The fraction of sp³-hybridized carbons (Fsp3) is 0.125. The van der Waals surface area contributed by atoms with Crippen LogP contribution in [0.15, 0.2) is 72.8 Å². The van der Waals surface area contributed by atoms with Crippen LogP contribution in [0.4, 0.5) is 5.69 Å². The number of nitrogens with one attached hydrogen (secondary N) is 1. The molecule has 0 aliphatic carbocycles. The average Bonchev–Trinajstić information content (AvgIpc) is 2.77. The summed E-state index contributed by atoms with van der Waals surface area (Å²) in [5, 5.41) is 4.71. The zero-order valence-corrected chi connectivity index (χ0v) is 16.6. The van der Waals surface area contributed by atoms with Crippen LogP contribution >= 0.6 is 0 Å². The molecule has 6 nitrogen and oxygen atoms in total. The third-order valence-corrected chi connectivity index (χ3v) is 4.45. The van der Waals surface area contributed by atoms with Crippen molar-refractivity contribution in [3.05, 3.63) is 83.9 Å². The molecule has 1 atom stereocenters. The van der Waals surface area contributed by atoms with E-state index >= 15 is 0 Å². The quantitative estimate of drug-likeness (QED) is 0.493. The lowest BCUT2D eigenvalue weighted by Crippen LogP contribution is -2.29. The van der Waals surface area contributed by atoms with Gasteiger partial charge in [0.15, 0.2) is 6.10 Å². The lowest BCUT2D eigenvalue weighted by Gasteiger charge is -2.14. The molecule has 0 fully saturated rings. The normalized spacial score (nSPS) is 11.8. The van der Waals surface area contributed by atoms with Crippen molar-refractivity contribution in [1.82, 2.24) is 0 Å². The van der Waals surface area contributed by atoms with E-state index in [-0.39, 0.29) is 0 Å². The van der Waals surface area contributed by atoms with Gasteiger partial charge in [0.25, 0.3) is 5.91 Å². The Kier molecular flexibility index (Phi) is 6.60. The number of methoxy groups -OCH3 is 1. The molecule has 0 heterocycles. The molecule has 3 aromatic rings. The highest BCUT2D eigenvalue weighted by molar-refractivity contribution is 6.04. The maximum absolute atomic E-state index is 12.4. The van der Waals surface area contributed by atoms with Gasteiger partial charge in [-0.25, -0.2) is 9.59 Å². The van der Waals surface area contributed by atoms with Gasteiger partial charge in [-0.2, -0.15) is 0 Å². The van der Waals surface area contributed by atoms with E-state index in [1.165, 1.54) is 20.1 Å².